The van der Waals surface area contributed by atoms with Crippen LogP contribution < -0.4 is 5.56 Å². The van der Waals surface area contributed by atoms with Crippen LogP contribution in [0.5, 0.6) is 0 Å². The summed E-state index contributed by atoms with van der Waals surface area (Å²) in [7, 11) is 1.71. The highest BCUT2D eigenvalue weighted by molar-refractivity contribution is 6.30. The van der Waals surface area contributed by atoms with Gasteiger partial charge in [-0.1, -0.05) is 16.8 Å². The number of nitrogens with one attached hydrogen (secondary N) is 1. The van der Waals surface area contributed by atoms with Crippen LogP contribution in [-0.4, -0.2) is 66.8 Å². The molecule has 176 valence electrons. The Labute approximate surface area is 200 Å². The average Bonchev–Trinajstić information content (AvgIpc) is 3.43. The van der Waals surface area contributed by atoms with Crippen molar-refractivity contribution in [3.05, 3.63) is 62.9 Å². The fourth-order valence-electron chi connectivity index (χ4n) is 4.31. The second-order valence-electron chi connectivity index (χ2n) is 8.48. The molecule has 11 heteroatoms. The minimum Gasteiger partial charge on any atom is -0.337 e. The molecule has 0 spiro atoms. The van der Waals surface area contributed by atoms with Crippen molar-refractivity contribution < 1.29 is 9.32 Å². The number of hydrogen-bond donors (Lipinski definition) is 1. The van der Waals surface area contributed by atoms with E-state index in [1.807, 2.05) is 26.0 Å². The fraction of sp³-hybridized carbons (Fsp3) is 0.348. The third-order valence-electron chi connectivity index (χ3n) is 6.22. The van der Waals surface area contributed by atoms with E-state index in [9.17, 15) is 9.59 Å². The van der Waals surface area contributed by atoms with Gasteiger partial charge >= 0.3 is 0 Å². The predicted molar refractivity (Wildman–Crippen MR) is 127 cm³/mol. The molecule has 5 rings (SSSR count). The number of pyridine rings is 1. The third-order valence-corrected chi connectivity index (χ3v) is 6.48. The topological polar surface area (TPSA) is 113 Å². The molecule has 1 unspecified atom stereocenters. The van der Waals surface area contributed by atoms with Crippen LogP contribution in [0, 0.1) is 6.92 Å². The summed E-state index contributed by atoms with van der Waals surface area (Å²) in [5, 5.41) is 7.76. The summed E-state index contributed by atoms with van der Waals surface area (Å²) in [5.74, 6) is 0.867. The second-order valence-corrected chi connectivity index (χ2v) is 8.91. The maximum atomic E-state index is 13.3. The van der Waals surface area contributed by atoms with E-state index in [1.54, 1.807) is 34.8 Å². The molecule has 1 N–H and O–H groups in total. The number of aromatic nitrogens is 5. The molecular formula is C23H24ClN7O3. The molecule has 1 aromatic carbocycles. The highest BCUT2D eigenvalue weighted by Crippen LogP contribution is 2.25. The highest BCUT2D eigenvalue weighted by Gasteiger charge is 2.29. The normalized spacial score (nSPS) is 15.7. The van der Waals surface area contributed by atoms with Gasteiger partial charge < -0.3 is 9.42 Å². The van der Waals surface area contributed by atoms with E-state index >= 15 is 0 Å². The number of aromatic amines is 1. The van der Waals surface area contributed by atoms with E-state index in [0.29, 0.717) is 65.2 Å². The quantitative estimate of drug-likeness (QED) is 0.476. The van der Waals surface area contributed by atoms with Crippen molar-refractivity contribution in [3.8, 4) is 11.4 Å². The molecule has 34 heavy (non-hydrogen) atoms. The SMILES string of the molecule is Cc1cc(C(=O)N2CCN(C(C)c3nc(-c4ccc(Cl)cc4)no3)CC2)c2c(=O)[nH]n(C)c2n1. The Bertz CT molecular complexity index is 1410. The van der Waals surface area contributed by atoms with Crippen molar-refractivity contribution in [1.82, 2.24) is 34.7 Å². The van der Waals surface area contributed by atoms with Crippen LogP contribution in [0.4, 0.5) is 0 Å². The number of benzene rings is 1. The number of H-pyrrole nitrogens is 1. The number of hydrogen-bond acceptors (Lipinski definition) is 7. The average molecular weight is 482 g/mol. The van der Waals surface area contributed by atoms with E-state index in [-0.39, 0.29) is 17.5 Å². The molecule has 0 bridgehead atoms. The van der Waals surface area contributed by atoms with Gasteiger partial charge in [-0.05, 0) is 44.2 Å². The molecule has 0 aliphatic carbocycles. The Morgan fingerprint density at radius 3 is 2.56 bits per heavy atom. The first-order valence-corrected chi connectivity index (χ1v) is 11.4. The summed E-state index contributed by atoms with van der Waals surface area (Å²) < 4.78 is 7.07. The Kier molecular flexibility index (Phi) is 5.70. The summed E-state index contributed by atoms with van der Waals surface area (Å²) in [6.45, 7) is 6.16. The van der Waals surface area contributed by atoms with E-state index in [4.69, 9.17) is 16.1 Å². The van der Waals surface area contributed by atoms with Crippen molar-refractivity contribution in [2.24, 2.45) is 7.05 Å². The number of halogens is 1. The summed E-state index contributed by atoms with van der Waals surface area (Å²) in [5.41, 5.74) is 2.07. The number of carbonyl (C=O) groups is 1. The van der Waals surface area contributed by atoms with E-state index < -0.39 is 0 Å². The minimum atomic E-state index is -0.312. The zero-order chi connectivity index (χ0) is 24.0. The lowest BCUT2D eigenvalue weighted by molar-refractivity contribution is 0.0553. The molecule has 4 aromatic rings. The highest BCUT2D eigenvalue weighted by atomic mass is 35.5. The van der Waals surface area contributed by atoms with Crippen LogP contribution in [0.1, 0.15) is 34.9 Å². The van der Waals surface area contributed by atoms with E-state index in [1.165, 1.54) is 0 Å². The lowest BCUT2D eigenvalue weighted by atomic mass is 10.1. The van der Waals surface area contributed by atoms with Gasteiger partial charge in [0.15, 0.2) is 5.65 Å². The zero-order valence-electron chi connectivity index (χ0n) is 19.1. The lowest BCUT2D eigenvalue weighted by Crippen LogP contribution is -2.49. The number of fused-ring (bicyclic) bond motifs is 1. The molecule has 1 saturated heterocycles. The largest absolute Gasteiger partial charge is 0.337 e. The number of carbonyl (C=O) groups excluding carboxylic acids is 1. The Morgan fingerprint density at radius 2 is 1.85 bits per heavy atom. The molecule has 1 aliphatic heterocycles. The monoisotopic (exact) mass is 481 g/mol. The zero-order valence-corrected chi connectivity index (χ0v) is 19.8. The second kappa shape index (κ2) is 8.69. The van der Waals surface area contributed by atoms with Gasteiger partial charge in [0, 0.05) is 49.5 Å². The summed E-state index contributed by atoms with van der Waals surface area (Å²) >= 11 is 5.95. The Hall–Kier alpha value is -3.50. The number of piperazine rings is 1. The van der Waals surface area contributed by atoms with Crippen LogP contribution >= 0.6 is 11.6 Å². The van der Waals surface area contributed by atoms with Crippen LogP contribution in [0.3, 0.4) is 0 Å². The van der Waals surface area contributed by atoms with Crippen LogP contribution in [-0.2, 0) is 7.05 Å². The Balaban J connectivity index is 1.29. The van der Waals surface area contributed by atoms with Crippen LogP contribution in [0.15, 0.2) is 39.6 Å². The first-order valence-electron chi connectivity index (χ1n) is 11.0. The van der Waals surface area contributed by atoms with Gasteiger partial charge in [0.1, 0.15) is 0 Å². The first kappa shape index (κ1) is 22.3. The minimum absolute atomic E-state index is 0.0994. The van der Waals surface area contributed by atoms with Crippen molar-refractivity contribution in [2.45, 2.75) is 19.9 Å². The predicted octanol–water partition coefficient (Wildman–Crippen LogP) is 2.79. The molecule has 0 saturated carbocycles. The van der Waals surface area contributed by atoms with Crippen molar-refractivity contribution >= 4 is 28.5 Å². The fourth-order valence-corrected chi connectivity index (χ4v) is 4.44. The molecule has 1 fully saturated rings. The lowest BCUT2D eigenvalue weighted by Gasteiger charge is -2.36. The first-order chi connectivity index (χ1) is 16.3. The number of nitrogens with zero attached hydrogens (tertiary/aromatic N) is 6. The van der Waals surface area contributed by atoms with Crippen molar-refractivity contribution in [3.63, 3.8) is 0 Å². The molecule has 10 nitrogen and oxygen atoms in total. The summed E-state index contributed by atoms with van der Waals surface area (Å²) in [6, 6.07) is 8.86. The maximum absolute atomic E-state index is 13.3. The number of aryl methyl sites for hydroxylation is 2. The molecule has 3 aromatic heterocycles. The van der Waals surface area contributed by atoms with Gasteiger partial charge in [0.2, 0.25) is 11.7 Å². The molecule has 1 amide bonds. The van der Waals surface area contributed by atoms with Crippen LogP contribution in [0.25, 0.3) is 22.4 Å². The van der Waals surface area contributed by atoms with Crippen molar-refractivity contribution in [2.75, 3.05) is 26.2 Å². The molecule has 4 heterocycles. The van der Waals surface area contributed by atoms with Gasteiger partial charge in [0.05, 0.1) is 17.0 Å². The maximum Gasteiger partial charge on any atom is 0.274 e. The van der Waals surface area contributed by atoms with E-state index in [0.717, 1.165) is 5.56 Å². The number of amides is 1. The van der Waals surface area contributed by atoms with Gasteiger partial charge in [-0.15, -0.1) is 0 Å². The summed E-state index contributed by atoms with van der Waals surface area (Å²) in [6.07, 6.45) is 0. The molecule has 0 radical (unpaired) electrons. The number of rotatable bonds is 4. The van der Waals surface area contributed by atoms with Gasteiger partial charge in [-0.2, -0.15) is 4.98 Å². The van der Waals surface area contributed by atoms with E-state index in [2.05, 4.69) is 25.1 Å². The smallest absolute Gasteiger partial charge is 0.274 e. The molecule has 1 aliphatic rings. The van der Waals surface area contributed by atoms with Crippen LogP contribution in [0.2, 0.25) is 5.02 Å². The third kappa shape index (κ3) is 3.99. The van der Waals surface area contributed by atoms with Gasteiger partial charge in [-0.25, -0.2) is 4.98 Å². The van der Waals surface area contributed by atoms with Gasteiger partial charge in [-0.3, -0.25) is 24.3 Å². The standard InChI is InChI=1S/C23H24ClN7O3/c1-13-12-17(18-20(25-13)29(3)27-21(18)32)23(33)31-10-8-30(9-11-31)14(2)22-26-19(28-34-22)15-4-6-16(24)7-5-15/h4-7,12,14H,8-11H2,1-3H3,(H,27,32). The Morgan fingerprint density at radius 1 is 1.15 bits per heavy atom. The van der Waals surface area contributed by atoms with Gasteiger partial charge in [0.25, 0.3) is 11.5 Å². The summed E-state index contributed by atoms with van der Waals surface area (Å²) in [4.78, 5) is 38.7. The van der Waals surface area contributed by atoms with Crippen molar-refractivity contribution in [1.29, 1.82) is 0 Å². The molecular weight excluding hydrogens is 458 g/mol. The molecule has 1 atom stereocenters.